The first-order chi connectivity index (χ1) is 13.3. The van der Waals surface area contributed by atoms with Gasteiger partial charge in [0, 0.05) is 9.58 Å². The van der Waals surface area contributed by atoms with E-state index in [1.54, 1.807) is 0 Å². The lowest BCUT2D eigenvalue weighted by Gasteiger charge is -2.04. The van der Waals surface area contributed by atoms with Gasteiger partial charge in [0.25, 0.3) is 0 Å². The summed E-state index contributed by atoms with van der Waals surface area (Å²) < 4.78 is 1.36. The molecule has 0 bridgehead atoms. The van der Waals surface area contributed by atoms with Crippen molar-refractivity contribution in [3.05, 3.63) is 83.9 Å². The lowest BCUT2D eigenvalue weighted by atomic mass is 10.0. The maximum absolute atomic E-state index is 2.34. The molecule has 0 N–H and O–H groups in total. The molecule has 0 radical (unpaired) electrons. The topological polar surface area (TPSA) is 0 Å². The SMILES string of the molecule is CCCc1ccc(-c2ccc3cc(-c4ccc(CCC)cc4)sc3c2)cc1. The zero-order valence-corrected chi connectivity index (χ0v) is 17.0. The highest BCUT2D eigenvalue weighted by Crippen LogP contribution is 2.36. The lowest BCUT2D eigenvalue weighted by molar-refractivity contribution is 0.922. The normalized spacial score (nSPS) is 11.2. The molecule has 0 spiro atoms. The molecule has 0 amide bonds. The Morgan fingerprint density at radius 1 is 0.593 bits per heavy atom. The second kappa shape index (κ2) is 8.10. The molecule has 0 atom stereocenters. The molecule has 4 rings (SSSR count). The summed E-state index contributed by atoms with van der Waals surface area (Å²) in [6, 6.07) is 27.3. The summed E-state index contributed by atoms with van der Waals surface area (Å²) in [4.78, 5) is 1.35. The molecule has 0 fully saturated rings. The number of thiophene rings is 1. The van der Waals surface area contributed by atoms with Gasteiger partial charge in [-0.05, 0) is 58.2 Å². The van der Waals surface area contributed by atoms with E-state index in [2.05, 4.69) is 86.6 Å². The van der Waals surface area contributed by atoms with E-state index in [1.165, 1.54) is 55.6 Å². The molecular weight excluding hydrogens is 344 g/mol. The molecule has 27 heavy (non-hydrogen) atoms. The number of benzene rings is 3. The van der Waals surface area contributed by atoms with E-state index in [0.29, 0.717) is 0 Å². The van der Waals surface area contributed by atoms with Gasteiger partial charge in [-0.2, -0.15) is 0 Å². The number of fused-ring (bicyclic) bond motifs is 1. The van der Waals surface area contributed by atoms with Gasteiger partial charge in [0.2, 0.25) is 0 Å². The maximum atomic E-state index is 2.34. The van der Waals surface area contributed by atoms with Gasteiger partial charge in [-0.3, -0.25) is 0 Å². The Kier molecular flexibility index (Phi) is 5.40. The van der Waals surface area contributed by atoms with Crippen molar-refractivity contribution in [1.82, 2.24) is 0 Å². The standard InChI is InChI=1S/C26H26S/c1-3-5-19-7-11-21(12-8-19)23-15-16-24-18-25(27-26(24)17-23)22-13-9-20(6-4-2)10-14-22/h7-18H,3-6H2,1-2H3. The smallest absolute Gasteiger partial charge is 0.0355 e. The van der Waals surface area contributed by atoms with E-state index in [9.17, 15) is 0 Å². The number of aryl methyl sites for hydroxylation is 2. The summed E-state index contributed by atoms with van der Waals surface area (Å²) in [5.41, 5.74) is 6.78. The zero-order chi connectivity index (χ0) is 18.6. The van der Waals surface area contributed by atoms with Crippen LogP contribution in [-0.2, 0) is 12.8 Å². The van der Waals surface area contributed by atoms with Crippen LogP contribution in [0.1, 0.15) is 37.8 Å². The van der Waals surface area contributed by atoms with Crippen LogP contribution in [0.4, 0.5) is 0 Å². The second-order valence-corrected chi connectivity index (χ2v) is 8.34. The van der Waals surface area contributed by atoms with Crippen molar-refractivity contribution in [2.24, 2.45) is 0 Å². The Balaban J connectivity index is 1.63. The molecule has 0 aliphatic carbocycles. The highest BCUT2D eigenvalue weighted by Gasteiger charge is 2.07. The first-order valence-corrected chi connectivity index (χ1v) is 10.8. The van der Waals surface area contributed by atoms with E-state index in [-0.39, 0.29) is 0 Å². The Hall–Kier alpha value is -2.38. The van der Waals surface area contributed by atoms with Crippen LogP contribution < -0.4 is 0 Å². The number of hydrogen-bond donors (Lipinski definition) is 0. The fraction of sp³-hybridized carbons (Fsp3) is 0.231. The molecule has 0 aliphatic heterocycles. The van der Waals surface area contributed by atoms with E-state index < -0.39 is 0 Å². The third-order valence-electron chi connectivity index (χ3n) is 5.12. The van der Waals surface area contributed by atoms with Gasteiger partial charge >= 0.3 is 0 Å². The fourth-order valence-corrected chi connectivity index (χ4v) is 4.74. The minimum absolute atomic E-state index is 1.16. The fourth-order valence-electron chi connectivity index (χ4n) is 3.63. The highest BCUT2D eigenvalue weighted by molar-refractivity contribution is 7.22. The third-order valence-corrected chi connectivity index (χ3v) is 6.27. The summed E-state index contributed by atoms with van der Waals surface area (Å²) in [6.07, 6.45) is 4.71. The summed E-state index contributed by atoms with van der Waals surface area (Å²) in [5, 5.41) is 1.33. The molecule has 1 heteroatoms. The molecule has 0 saturated heterocycles. The molecule has 3 aromatic carbocycles. The Morgan fingerprint density at radius 3 is 1.74 bits per heavy atom. The molecule has 1 aromatic heterocycles. The predicted molar refractivity (Wildman–Crippen MR) is 121 cm³/mol. The van der Waals surface area contributed by atoms with Crippen molar-refractivity contribution < 1.29 is 0 Å². The van der Waals surface area contributed by atoms with Crippen molar-refractivity contribution in [3.63, 3.8) is 0 Å². The van der Waals surface area contributed by atoms with E-state index in [0.717, 1.165) is 12.8 Å². The summed E-state index contributed by atoms with van der Waals surface area (Å²) in [7, 11) is 0. The second-order valence-electron chi connectivity index (χ2n) is 7.26. The van der Waals surface area contributed by atoms with Gasteiger partial charge in [0.15, 0.2) is 0 Å². The van der Waals surface area contributed by atoms with Crippen LogP contribution >= 0.6 is 11.3 Å². The van der Waals surface area contributed by atoms with Crippen molar-refractivity contribution in [2.75, 3.05) is 0 Å². The molecule has 0 unspecified atom stereocenters. The average Bonchev–Trinajstić information content (AvgIpc) is 3.13. The maximum Gasteiger partial charge on any atom is 0.0355 e. The monoisotopic (exact) mass is 370 g/mol. The van der Waals surface area contributed by atoms with Gasteiger partial charge in [0.05, 0.1) is 0 Å². The van der Waals surface area contributed by atoms with Crippen molar-refractivity contribution in [3.8, 4) is 21.6 Å². The van der Waals surface area contributed by atoms with E-state index >= 15 is 0 Å². The van der Waals surface area contributed by atoms with Crippen LogP contribution in [0.5, 0.6) is 0 Å². The molecule has 1 heterocycles. The van der Waals surface area contributed by atoms with Crippen LogP contribution in [0.3, 0.4) is 0 Å². The quantitative estimate of drug-likeness (QED) is 0.321. The van der Waals surface area contributed by atoms with Crippen LogP contribution in [0, 0.1) is 0 Å². The van der Waals surface area contributed by atoms with Gasteiger partial charge in [0.1, 0.15) is 0 Å². The molecule has 0 saturated carbocycles. The third kappa shape index (κ3) is 3.99. The Morgan fingerprint density at radius 2 is 1.15 bits per heavy atom. The minimum atomic E-state index is 1.16. The van der Waals surface area contributed by atoms with E-state index in [1.807, 2.05) is 11.3 Å². The summed E-state index contributed by atoms with van der Waals surface area (Å²) in [6.45, 7) is 4.46. The summed E-state index contributed by atoms with van der Waals surface area (Å²) >= 11 is 1.89. The number of rotatable bonds is 6. The van der Waals surface area contributed by atoms with Crippen molar-refractivity contribution in [2.45, 2.75) is 39.5 Å². The van der Waals surface area contributed by atoms with Crippen molar-refractivity contribution >= 4 is 21.4 Å². The Labute approximate surface area is 166 Å². The van der Waals surface area contributed by atoms with Crippen molar-refractivity contribution in [1.29, 1.82) is 0 Å². The van der Waals surface area contributed by atoms with Crippen LogP contribution in [0.2, 0.25) is 0 Å². The number of hydrogen-bond acceptors (Lipinski definition) is 1. The molecule has 0 aliphatic rings. The van der Waals surface area contributed by atoms with Gasteiger partial charge < -0.3 is 0 Å². The van der Waals surface area contributed by atoms with Gasteiger partial charge in [-0.15, -0.1) is 11.3 Å². The van der Waals surface area contributed by atoms with Gasteiger partial charge in [-0.25, -0.2) is 0 Å². The van der Waals surface area contributed by atoms with Crippen LogP contribution in [0.25, 0.3) is 31.7 Å². The van der Waals surface area contributed by atoms with Gasteiger partial charge in [-0.1, -0.05) is 87.4 Å². The molecule has 136 valence electrons. The van der Waals surface area contributed by atoms with Crippen LogP contribution in [-0.4, -0.2) is 0 Å². The molecule has 4 aromatic rings. The highest BCUT2D eigenvalue weighted by atomic mass is 32.1. The molecule has 0 nitrogen and oxygen atoms in total. The molecular formula is C26H26S. The summed E-state index contributed by atoms with van der Waals surface area (Å²) in [5.74, 6) is 0. The zero-order valence-electron chi connectivity index (χ0n) is 16.2. The lowest BCUT2D eigenvalue weighted by Crippen LogP contribution is -1.83. The predicted octanol–water partition coefficient (Wildman–Crippen LogP) is 8.14. The van der Waals surface area contributed by atoms with E-state index in [4.69, 9.17) is 0 Å². The Bertz CT molecular complexity index is 973. The van der Waals surface area contributed by atoms with Crippen LogP contribution in [0.15, 0.2) is 72.8 Å². The first kappa shape index (κ1) is 18.0. The first-order valence-electron chi connectivity index (χ1n) is 9.99. The minimum Gasteiger partial charge on any atom is -0.135 e. The average molecular weight is 371 g/mol. The largest absolute Gasteiger partial charge is 0.135 e.